The molecule has 0 radical (unpaired) electrons. The van der Waals surface area contributed by atoms with E-state index in [0.717, 1.165) is 38.1 Å². The van der Waals surface area contributed by atoms with E-state index < -0.39 is 0 Å². The second-order valence-electron chi connectivity index (χ2n) is 6.41. The summed E-state index contributed by atoms with van der Waals surface area (Å²) >= 11 is 0. The molecular weight excluding hydrogens is 264 g/mol. The molecule has 0 saturated heterocycles. The average Bonchev–Trinajstić information content (AvgIpc) is 2.50. The Labute approximate surface area is 131 Å². The second-order valence-corrected chi connectivity index (χ2v) is 6.41. The van der Waals surface area contributed by atoms with Crippen LogP contribution in [0.4, 0.5) is 0 Å². The van der Waals surface area contributed by atoms with Crippen LogP contribution in [-0.4, -0.2) is 65.1 Å². The highest BCUT2D eigenvalue weighted by Crippen LogP contribution is 2.32. The van der Waals surface area contributed by atoms with Gasteiger partial charge in [0.15, 0.2) is 0 Å². The van der Waals surface area contributed by atoms with Crippen LogP contribution in [0.15, 0.2) is 0 Å². The van der Waals surface area contributed by atoms with Gasteiger partial charge < -0.3 is 14.8 Å². The molecule has 1 rings (SSSR count). The zero-order valence-electron chi connectivity index (χ0n) is 14.6. The van der Waals surface area contributed by atoms with E-state index in [9.17, 15) is 0 Å². The van der Waals surface area contributed by atoms with Crippen LogP contribution in [0.5, 0.6) is 0 Å². The number of methoxy groups -OCH3 is 2. The van der Waals surface area contributed by atoms with Gasteiger partial charge in [-0.05, 0) is 38.1 Å². The van der Waals surface area contributed by atoms with Crippen molar-refractivity contribution in [3.05, 3.63) is 0 Å². The first-order valence-corrected chi connectivity index (χ1v) is 8.62. The van der Waals surface area contributed by atoms with Crippen molar-refractivity contribution in [2.24, 2.45) is 11.8 Å². The molecule has 4 heteroatoms. The van der Waals surface area contributed by atoms with Crippen LogP contribution in [-0.2, 0) is 9.47 Å². The summed E-state index contributed by atoms with van der Waals surface area (Å²) in [5.74, 6) is 1.69. The zero-order valence-corrected chi connectivity index (χ0v) is 14.6. The van der Waals surface area contributed by atoms with E-state index in [2.05, 4.69) is 24.2 Å². The fourth-order valence-corrected chi connectivity index (χ4v) is 3.68. The second kappa shape index (κ2) is 11.4. The predicted molar refractivity (Wildman–Crippen MR) is 88.8 cm³/mol. The Morgan fingerprint density at radius 1 is 1.10 bits per heavy atom. The largest absolute Gasteiger partial charge is 0.383 e. The number of hydrogen-bond acceptors (Lipinski definition) is 4. The summed E-state index contributed by atoms with van der Waals surface area (Å²) in [6.07, 6.45) is 6.80. The first kappa shape index (κ1) is 18.9. The van der Waals surface area contributed by atoms with Gasteiger partial charge in [-0.3, -0.25) is 4.90 Å². The Bertz CT molecular complexity index is 243. The van der Waals surface area contributed by atoms with Gasteiger partial charge in [0.25, 0.3) is 0 Å². The normalized spacial score (nSPS) is 26.4. The topological polar surface area (TPSA) is 33.7 Å². The van der Waals surface area contributed by atoms with Crippen LogP contribution in [0, 0.1) is 11.8 Å². The maximum Gasteiger partial charge on any atom is 0.0589 e. The van der Waals surface area contributed by atoms with Gasteiger partial charge in [-0.15, -0.1) is 0 Å². The molecular formula is C17H36N2O2. The van der Waals surface area contributed by atoms with Gasteiger partial charge in [0, 0.05) is 39.9 Å². The van der Waals surface area contributed by atoms with E-state index in [0.29, 0.717) is 6.04 Å². The lowest BCUT2D eigenvalue weighted by atomic mass is 9.76. The molecule has 1 saturated carbocycles. The van der Waals surface area contributed by atoms with Crippen LogP contribution in [0.25, 0.3) is 0 Å². The van der Waals surface area contributed by atoms with Crippen LogP contribution in [0.3, 0.4) is 0 Å². The number of nitrogens with zero attached hydrogens (tertiary/aromatic N) is 1. The van der Waals surface area contributed by atoms with E-state index >= 15 is 0 Å². The lowest BCUT2D eigenvalue weighted by Gasteiger charge is -2.39. The van der Waals surface area contributed by atoms with E-state index in [1.54, 1.807) is 14.2 Å². The van der Waals surface area contributed by atoms with Crippen molar-refractivity contribution in [1.82, 2.24) is 10.2 Å². The molecule has 1 aliphatic rings. The maximum atomic E-state index is 5.26. The molecule has 126 valence electrons. The highest BCUT2D eigenvalue weighted by molar-refractivity contribution is 4.86. The van der Waals surface area contributed by atoms with Gasteiger partial charge in [-0.25, -0.2) is 0 Å². The van der Waals surface area contributed by atoms with Crippen LogP contribution >= 0.6 is 0 Å². The minimum atomic E-state index is 0.672. The van der Waals surface area contributed by atoms with Crippen molar-refractivity contribution in [2.75, 3.05) is 54.1 Å². The molecule has 0 aromatic heterocycles. The predicted octanol–water partition coefficient (Wildman–Crippen LogP) is 2.39. The van der Waals surface area contributed by atoms with Gasteiger partial charge in [0.05, 0.1) is 13.2 Å². The number of hydrogen-bond donors (Lipinski definition) is 1. The van der Waals surface area contributed by atoms with Gasteiger partial charge in [0.2, 0.25) is 0 Å². The summed E-state index contributed by atoms with van der Waals surface area (Å²) in [6, 6.07) is 0.672. The highest BCUT2D eigenvalue weighted by atomic mass is 16.5. The summed E-state index contributed by atoms with van der Waals surface area (Å²) in [4.78, 5) is 2.51. The summed E-state index contributed by atoms with van der Waals surface area (Å²) in [6.45, 7) is 7.09. The molecule has 21 heavy (non-hydrogen) atoms. The van der Waals surface area contributed by atoms with Crippen LogP contribution < -0.4 is 5.32 Å². The standard InChI is InChI=1S/C17H36N2O2/c1-5-6-15-7-8-17(18-2)16(13-15)14-19(9-11-20-3)10-12-21-4/h15-18H,5-14H2,1-4H3. The summed E-state index contributed by atoms with van der Waals surface area (Å²) in [5.41, 5.74) is 0. The quantitative estimate of drug-likeness (QED) is 0.635. The first-order chi connectivity index (χ1) is 10.2. The monoisotopic (exact) mass is 300 g/mol. The number of rotatable bonds is 11. The Morgan fingerprint density at radius 2 is 1.76 bits per heavy atom. The fraction of sp³-hybridized carbons (Fsp3) is 1.00. The minimum Gasteiger partial charge on any atom is -0.383 e. The first-order valence-electron chi connectivity index (χ1n) is 8.62. The molecule has 0 aliphatic heterocycles. The summed E-state index contributed by atoms with van der Waals surface area (Å²) in [7, 11) is 5.68. The van der Waals surface area contributed by atoms with Crippen LogP contribution in [0.1, 0.15) is 39.0 Å². The lowest BCUT2D eigenvalue weighted by Crippen LogP contribution is -2.46. The smallest absolute Gasteiger partial charge is 0.0589 e. The van der Waals surface area contributed by atoms with Crippen molar-refractivity contribution < 1.29 is 9.47 Å². The Kier molecular flexibility index (Phi) is 10.3. The molecule has 0 aromatic rings. The lowest BCUT2D eigenvalue weighted by molar-refractivity contribution is 0.0832. The fourth-order valence-electron chi connectivity index (χ4n) is 3.68. The third-order valence-electron chi connectivity index (χ3n) is 4.87. The number of ether oxygens (including phenoxy) is 2. The Hall–Kier alpha value is -0.160. The Morgan fingerprint density at radius 3 is 2.29 bits per heavy atom. The molecule has 1 N–H and O–H groups in total. The molecule has 0 aromatic carbocycles. The third-order valence-corrected chi connectivity index (χ3v) is 4.87. The molecule has 1 fully saturated rings. The number of nitrogens with one attached hydrogen (secondary N) is 1. The van der Waals surface area contributed by atoms with Crippen molar-refractivity contribution in [2.45, 2.75) is 45.1 Å². The third kappa shape index (κ3) is 7.09. The van der Waals surface area contributed by atoms with Gasteiger partial charge in [-0.1, -0.05) is 19.8 Å². The van der Waals surface area contributed by atoms with E-state index in [-0.39, 0.29) is 0 Å². The highest BCUT2D eigenvalue weighted by Gasteiger charge is 2.30. The van der Waals surface area contributed by atoms with E-state index in [1.807, 2.05) is 0 Å². The molecule has 3 atom stereocenters. The molecule has 3 unspecified atom stereocenters. The average molecular weight is 300 g/mol. The zero-order chi connectivity index (χ0) is 15.5. The summed E-state index contributed by atoms with van der Waals surface area (Å²) < 4.78 is 10.5. The van der Waals surface area contributed by atoms with Gasteiger partial charge in [0.1, 0.15) is 0 Å². The van der Waals surface area contributed by atoms with Crippen molar-refractivity contribution in [3.63, 3.8) is 0 Å². The minimum absolute atomic E-state index is 0.672. The molecule has 0 bridgehead atoms. The molecule has 0 amide bonds. The van der Waals surface area contributed by atoms with Crippen molar-refractivity contribution in [1.29, 1.82) is 0 Å². The van der Waals surface area contributed by atoms with Crippen molar-refractivity contribution >= 4 is 0 Å². The van der Waals surface area contributed by atoms with Crippen molar-refractivity contribution in [3.8, 4) is 0 Å². The molecule has 1 aliphatic carbocycles. The molecule has 0 heterocycles. The maximum absolute atomic E-state index is 5.26. The van der Waals surface area contributed by atoms with E-state index in [1.165, 1.54) is 38.6 Å². The SMILES string of the molecule is CCCC1CCC(NC)C(CN(CCOC)CCOC)C1. The van der Waals surface area contributed by atoms with Gasteiger partial charge >= 0.3 is 0 Å². The van der Waals surface area contributed by atoms with E-state index in [4.69, 9.17) is 9.47 Å². The van der Waals surface area contributed by atoms with Gasteiger partial charge in [-0.2, -0.15) is 0 Å². The van der Waals surface area contributed by atoms with Crippen LogP contribution in [0.2, 0.25) is 0 Å². The molecule has 4 nitrogen and oxygen atoms in total. The Balaban J connectivity index is 2.53. The molecule has 0 spiro atoms. The summed E-state index contributed by atoms with van der Waals surface area (Å²) in [5, 5.41) is 3.55.